The van der Waals surface area contributed by atoms with Crippen molar-refractivity contribution in [3.05, 3.63) is 62.3 Å². The number of carbonyl (C=O) groups excluding carboxylic acids is 1. The molecule has 0 heterocycles. The molecule has 5 heteroatoms. The van der Waals surface area contributed by atoms with Crippen LogP contribution < -0.4 is 4.74 Å². The van der Waals surface area contributed by atoms with Crippen LogP contribution in [-0.2, 0) is 0 Å². The van der Waals surface area contributed by atoms with Gasteiger partial charge in [0.05, 0.1) is 17.1 Å². The summed E-state index contributed by atoms with van der Waals surface area (Å²) in [6.07, 6.45) is 0. The van der Waals surface area contributed by atoms with Crippen molar-refractivity contribution >= 4 is 37.6 Å². The summed E-state index contributed by atoms with van der Waals surface area (Å²) in [4.78, 5) is 12.5. The maximum Gasteiger partial charge on any atom is 0.198 e. The van der Waals surface area contributed by atoms with Gasteiger partial charge in [-0.2, -0.15) is 0 Å². The molecular formula is C14H9Br2FO2. The lowest BCUT2D eigenvalue weighted by atomic mass is 10.0. The minimum Gasteiger partial charge on any atom is -0.496 e. The number of benzene rings is 2. The normalized spacial score (nSPS) is 10.3. The third kappa shape index (κ3) is 2.87. The molecule has 0 bridgehead atoms. The number of halogens is 3. The number of carbonyl (C=O) groups is 1. The minimum absolute atomic E-state index is 0.155. The second-order valence-corrected chi connectivity index (χ2v) is 5.48. The Hall–Kier alpha value is -1.20. The van der Waals surface area contributed by atoms with Crippen LogP contribution >= 0.6 is 31.9 Å². The van der Waals surface area contributed by atoms with Crippen LogP contribution in [0.25, 0.3) is 0 Å². The summed E-state index contributed by atoms with van der Waals surface area (Å²) in [6.45, 7) is 0. The fourth-order valence-corrected chi connectivity index (χ4v) is 2.49. The molecule has 0 fully saturated rings. The summed E-state index contributed by atoms with van der Waals surface area (Å²) in [6, 6.07) is 9.46. The molecule has 0 aromatic heterocycles. The van der Waals surface area contributed by atoms with Gasteiger partial charge in [0.2, 0.25) is 0 Å². The van der Waals surface area contributed by atoms with Crippen LogP contribution in [0, 0.1) is 5.82 Å². The molecule has 2 aromatic rings. The first kappa shape index (κ1) is 14.2. The van der Waals surface area contributed by atoms with Crippen molar-refractivity contribution < 1.29 is 13.9 Å². The fourth-order valence-electron chi connectivity index (χ4n) is 1.68. The van der Waals surface area contributed by atoms with Crippen LogP contribution in [-0.4, -0.2) is 12.9 Å². The van der Waals surface area contributed by atoms with Gasteiger partial charge in [-0.15, -0.1) is 0 Å². The highest BCUT2D eigenvalue weighted by atomic mass is 79.9. The van der Waals surface area contributed by atoms with E-state index in [1.54, 1.807) is 24.3 Å². The van der Waals surface area contributed by atoms with Crippen LogP contribution in [0.15, 0.2) is 45.3 Å². The summed E-state index contributed by atoms with van der Waals surface area (Å²) in [5.41, 5.74) is 0.638. The number of hydrogen-bond donors (Lipinski definition) is 0. The van der Waals surface area contributed by atoms with Gasteiger partial charge in [0.15, 0.2) is 5.78 Å². The molecule has 0 spiro atoms. The second-order valence-electron chi connectivity index (χ2n) is 3.78. The number of ether oxygens (including phenoxy) is 1. The monoisotopic (exact) mass is 386 g/mol. The van der Waals surface area contributed by atoms with Crippen LogP contribution in [0.3, 0.4) is 0 Å². The van der Waals surface area contributed by atoms with E-state index in [0.29, 0.717) is 11.3 Å². The molecule has 0 unspecified atom stereocenters. The van der Waals surface area contributed by atoms with Crippen molar-refractivity contribution in [1.82, 2.24) is 0 Å². The zero-order chi connectivity index (χ0) is 14.0. The molecule has 2 aromatic carbocycles. The lowest BCUT2D eigenvalue weighted by molar-refractivity contribution is 0.103. The molecular weight excluding hydrogens is 379 g/mol. The highest BCUT2D eigenvalue weighted by Gasteiger charge is 2.18. The molecule has 0 aliphatic carbocycles. The Labute approximate surface area is 126 Å². The molecule has 0 radical (unpaired) electrons. The molecule has 98 valence electrons. The van der Waals surface area contributed by atoms with Gasteiger partial charge in [0.1, 0.15) is 11.6 Å². The molecule has 0 N–H and O–H groups in total. The number of rotatable bonds is 3. The molecule has 0 aliphatic rings. The zero-order valence-electron chi connectivity index (χ0n) is 9.91. The van der Waals surface area contributed by atoms with Crippen LogP contribution in [0.1, 0.15) is 15.9 Å². The Kier molecular flexibility index (Phi) is 4.37. The maximum absolute atomic E-state index is 13.5. The first-order valence-corrected chi connectivity index (χ1v) is 6.95. The van der Waals surface area contributed by atoms with Crippen molar-refractivity contribution in [2.75, 3.05) is 7.11 Å². The van der Waals surface area contributed by atoms with E-state index in [9.17, 15) is 9.18 Å². The topological polar surface area (TPSA) is 26.3 Å². The summed E-state index contributed by atoms with van der Waals surface area (Å²) in [7, 11) is 1.49. The van der Waals surface area contributed by atoms with Crippen molar-refractivity contribution in [2.24, 2.45) is 0 Å². The largest absolute Gasteiger partial charge is 0.496 e. The molecule has 0 saturated carbocycles. The standard InChI is InChI=1S/C14H9Br2FO2/c1-19-12-6-5-8(15)7-10(12)14(18)9-3-2-4-11(17)13(9)16/h2-7H,1H3. The van der Waals surface area contributed by atoms with E-state index in [0.717, 1.165) is 4.47 Å². The van der Waals surface area contributed by atoms with Crippen LogP contribution in [0.5, 0.6) is 5.75 Å². The number of hydrogen-bond acceptors (Lipinski definition) is 2. The van der Waals surface area contributed by atoms with E-state index < -0.39 is 5.82 Å². The Morgan fingerprint density at radius 2 is 1.89 bits per heavy atom. The average Bonchev–Trinajstić information content (AvgIpc) is 2.41. The van der Waals surface area contributed by atoms with Crippen LogP contribution in [0.2, 0.25) is 0 Å². The van der Waals surface area contributed by atoms with E-state index >= 15 is 0 Å². The first-order valence-electron chi connectivity index (χ1n) is 5.37. The van der Waals surface area contributed by atoms with E-state index in [2.05, 4.69) is 31.9 Å². The zero-order valence-corrected chi connectivity index (χ0v) is 13.1. The van der Waals surface area contributed by atoms with E-state index in [4.69, 9.17) is 4.74 Å². The summed E-state index contributed by atoms with van der Waals surface area (Å²) in [5.74, 6) is -0.325. The molecule has 0 aliphatic heterocycles. The fraction of sp³-hybridized carbons (Fsp3) is 0.0714. The lowest BCUT2D eigenvalue weighted by Gasteiger charge is -2.09. The van der Waals surface area contributed by atoms with Crippen molar-refractivity contribution in [3.8, 4) is 5.75 Å². The predicted octanol–water partition coefficient (Wildman–Crippen LogP) is 4.59. The van der Waals surface area contributed by atoms with Gasteiger partial charge >= 0.3 is 0 Å². The number of methoxy groups -OCH3 is 1. The Bertz CT molecular complexity index is 641. The smallest absolute Gasteiger partial charge is 0.198 e. The molecule has 2 nitrogen and oxygen atoms in total. The van der Waals surface area contributed by atoms with Gasteiger partial charge < -0.3 is 4.74 Å². The van der Waals surface area contributed by atoms with Crippen molar-refractivity contribution in [3.63, 3.8) is 0 Å². The Balaban J connectivity index is 2.56. The molecule has 0 atom stereocenters. The van der Waals surface area contributed by atoms with Crippen molar-refractivity contribution in [2.45, 2.75) is 0 Å². The highest BCUT2D eigenvalue weighted by molar-refractivity contribution is 9.10. The molecule has 0 amide bonds. The minimum atomic E-state index is -0.472. The first-order chi connectivity index (χ1) is 9.04. The SMILES string of the molecule is COc1ccc(Br)cc1C(=O)c1cccc(F)c1Br. The molecule has 0 saturated heterocycles. The predicted molar refractivity (Wildman–Crippen MR) is 78.2 cm³/mol. The van der Waals surface area contributed by atoms with Gasteiger partial charge in [0, 0.05) is 10.0 Å². The number of ketones is 1. The Morgan fingerprint density at radius 3 is 2.58 bits per heavy atom. The van der Waals surface area contributed by atoms with Crippen molar-refractivity contribution in [1.29, 1.82) is 0 Å². The quantitative estimate of drug-likeness (QED) is 0.720. The molecule has 2 rings (SSSR count). The van der Waals surface area contributed by atoms with Gasteiger partial charge in [0.25, 0.3) is 0 Å². The second kappa shape index (κ2) is 5.84. The summed E-state index contributed by atoms with van der Waals surface area (Å²) in [5, 5.41) is 0. The van der Waals surface area contributed by atoms with E-state index in [1.165, 1.54) is 19.2 Å². The third-order valence-electron chi connectivity index (χ3n) is 2.60. The maximum atomic E-state index is 13.5. The van der Waals surface area contributed by atoms with E-state index in [1.807, 2.05) is 0 Å². The summed E-state index contributed by atoms with van der Waals surface area (Å²) >= 11 is 6.40. The van der Waals surface area contributed by atoms with Gasteiger partial charge in [-0.05, 0) is 46.3 Å². The average molecular weight is 388 g/mol. The molecule has 19 heavy (non-hydrogen) atoms. The third-order valence-corrected chi connectivity index (χ3v) is 3.90. The lowest BCUT2D eigenvalue weighted by Crippen LogP contribution is -2.05. The van der Waals surface area contributed by atoms with Gasteiger partial charge in [-0.3, -0.25) is 4.79 Å². The highest BCUT2D eigenvalue weighted by Crippen LogP contribution is 2.29. The van der Waals surface area contributed by atoms with E-state index in [-0.39, 0.29) is 15.8 Å². The Morgan fingerprint density at radius 1 is 1.16 bits per heavy atom. The van der Waals surface area contributed by atoms with Gasteiger partial charge in [-0.1, -0.05) is 22.0 Å². The van der Waals surface area contributed by atoms with Crippen LogP contribution in [0.4, 0.5) is 4.39 Å². The summed E-state index contributed by atoms with van der Waals surface area (Å²) < 4.78 is 19.5. The van der Waals surface area contributed by atoms with Gasteiger partial charge in [-0.25, -0.2) is 4.39 Å².